The summed E-state index contributed by atoms with van der Waals surface area (Å²) in [6, 6.07) is 0. The van der Waals surface area contributed by atoms with E-state index in [1.807, 2.05) is 0 Å². The Bertz CT molecular complexity index is 248. The molecule has 2 heteroatoms. The summed E-state index contributed by atoms with van der Waals surface area (Å²) < 4.78 is 2.20. The highest BCUT2D eigenvalue weighted by atomic mass is 15.1. The SMILES string of the molecule is CCc1nc(C)c(CC)n1C. The third-order valence-electron chi connectivity index (χ3n) is 2.16. The number of nitrogens with zero attached hydrogens (tertiary/aromatic N) is 2. The number of aromatic nitrogens is 2. The number of aryl methyl sites for hydroxylation is 2. The van der Waals surface area contributed by atoms with Crippen LogP contribution >= 0.6 is 0 Å². The van der Waals surface area contributed by atoms with Crippen LogP contribution in [0.2, 0.25) is 0 Å². The Morgan fingerprint density at radius 2 is 1.91 bits per heavy atom. The average molecular weight is 152 g/mol. The van der Waals surface area contributed by atoms with Crippen molar-refractivity contribution in [3.63, 3.8) is 0 Å². The van der Waals surface area contributed by atoms with Gasteiger partial charge in [0, 0.05) is 19.2 Å². The van der Waals surface area contributed by atoms with Crippen molar-refractivity contribution in [1.29, 1.82) is 0 Å². The Morgan fingerprint density at radius 3 is 2.18 bits per heavy atom. The Kier molecular flexibility index (Phi) is 2.32. The Hall–Kier alpha value is -0.790. The van der Waals surface area contributed by atoms with E-state index in [0.717, 1.165) is 12.8 Å². The van der Waals surface area contributed by atoms with Crippen LogP contribution in [0.25, 0.3) is 0 Å². The second-order valence-corrected chi connectivity index (χ2v) is 2.83. The van der Waals surface area contributed by atoms with Crippen molar-refractivity contribution >= 4 is 0 Å². The number of rotatable bonds is 2. The molecule has 62 valence electrons. The second-order valence-electron chi connectivity index (χ2n) is 2.83. The lowest BCUT2D eigenvalue weighted by atomic mass is 10.3. The van der Waals surface area contributed by atoms with Gasteiger partial charge in [-0.3, -0.25) is 0 Å². The molecule has 0 bridgehead atoms. The maximum absolute atomic E-state index is 4.46. The molecule has 0 saturated heterocycles. The first kappa shape index (κ1) is 8.31. The summed E-state index contributed by atoms with van der Waals surface area (Å²) in [6.07, 6.45) is 2.10. The van der Waals surface area contributed by atoms with Crippen molar-refractivity contribution in [1.82, 2.24) is 9.55 Å². The summed E-state index contributed by atoms with van der Waals surface area (Å²) >= 11 is 0. The molecule has 11 heavy (non-hydrogen) atoms. The molecule has 2 nitrogen and oxygen atoms in total. The van der Waals surface area contributed by atoms with Gasteiger partial charge in [0.15, 0.2) is 0 Å². The fourth-order valence-electron chi connectivity index (χ4n) is 1.54. The molecule has 0 fully saturated rings. The Morgan fingerprint density at radius 1 is 1.27 bits per heavy atom. The van der Waals surface area contributed by atoms with Gasteiger partial charge >= 0.3 is 0 Å². The van der Waals surface area contributed by atoms with Crippen LogP contribution in [0.3, 0.4) is 0 Å². The van der Waals surface area contributed by atoms with E-state index in [9.17, 15) is 0 Å². The van der Waals surface area contributed by atoms with E-state index >= 15 is 0 Å². The molecular weight excluding hydrogens is 136 g/mol. The van der Waals surface area contributed by atoms with Crippen LogP contribution in [0.5, 0.6) is 0 Å². The van der Waals surface area contributed by atoms with Gasteiger partial charge < -0.3 is 4.57 Å². The smallest absolute Gasteiger partial charge is 0.108 e. The zero-order valence-corrected chi connectivity index (χ0v) is 7.81. The third-order valence-corrected chi connectivity index (χ3v) is 2.16. The second kappa shape index (κ2) is 3.07. The zero-order valence-electron chi connectivity index (χ0n) is 7.81. The summed E-state index contributed by atoms with van der Waals surface area (Å²) in [7, 11) is 2.09. The van der Waals surface area contributed by atoms with Gasteiger partial charge in [-0.2, -0.15) is 0 Å². The predicted molar refractivity (Wildman–Crippen MR) is 46.7 cm³/mol. The first-order chi connectivity index (χ1) is 5.20. The molecule has 0 amide bonds. The molecule has 0 aliphatic rings. The Labute approximate surface area is 68.3 Å². The quantitative estimate of drug-likeness (QED) is 0.632. The molecular formula is C9H16N2. The minimum Gasteiger partial charge on any atom is -0.335 e. The van der Waals surface area contributed by atoms with Gasteiger partial charge in [-0.25, -0.2) is 4.98 Å². The minimum absolute atomic E-state index is 1.03. The van der Waals surface area contributed by atoms with Gasteiger partial charge in [-0.1, -0.05) is 13.8 Å². The fourth-order valence-corrected chi connectivity index (χ4v) is 1.54. The van der Waals surface area contributed by atoms with E-state index in [4.69, 9.17) is 0 Å². The molecule has 1 aromatic rings. The van der Waals surface area contributed by atoms with Crippen molar-refractivity contribution in [2.75, 3.05) is 0 Å². The van der Waals surface area contributed by atoms with E-state index in [0.29, 0.717) is 0 Å². The van der Waals surface area contributed by atoms with E-state index in [-0.39, 0.29) is 0 Å². The van der Waals surface area contributed by atoms with Gasteiger partial charge in [0.25, 0.3) is 0 Å². The molecule has 0 spiro atoms. The van der Waals surface area contributed by atoms with Crippen LogP contribution in [-0.2, 0) is 19.9 Å². The van der Waals surface area contributed by atoms with Gasteiger partial charge in [0.1, 0.15) is 5.82 Å². The number of hydrogen-bond acceptors (Lipinski definition) is 1. The largest absolute Gasteiger partial charge is 0.335 e. The van der Waals surface area contributed by atoms with E-state index < -0.39 is 0 Å². The highest BCUT2D eigenvalue weighted by Crippen LogP contribution is 2.09. The molecule has 1 rings (SSSR count). The molecule has 0 radical (unpaired) electrons. The minimum atomic E-state index is 1.03. The van der Waals surface area contributed by atoms with Crippen molar-refractivity contribution in [2.45, 2.75) is 33.6 Å². The van der Waals surface area contributed by atoms with E-state index in [1.165, 1.54) is 17.2 Å². The molecule has 0 aromatic carbocycles. The molecule has 0 atom stereocenters. The van der Waals surface area contributed by atoms with E-state index in [1.54, 1.807) is 0 Å². The first-order valence-electron chi connectivity index (χ1n) is 4.21. The average Bonchev–Trinajstić information content (AvgIpc) is 2.26. The van der Waals surface area contributed by atoms with Crippen LogP contribution < -0.4 is 0 Å². The molecule has 0 aliphatic carbocycles. The van der Waals surface area contributed by atoms with Crippen LogP contribution in [0.1, 0.15) is 31.1 Å². The van der Waals surface area contributed by atoms with Gasteiger partial charge in [0.2, 0.25) is 0 Å². The van der Waals surface area contributed by atoms with Crippen molar-refractivity contribution in [3.8, 4) is 0 Å². The summed E-state index contributed by atoms with van der Waals surface area (Å²) in [4.78, 5) is 4.46. The molecule has 1 heterocycles. The zero-order chi connectivity index (χ0) is 8.43. The highest BCUT2D eigenvalue weighted by Gasteiger charge is 2.06. The highest BCUT2D eigenvalue weighted by molar-refractivity contribution is 5.15. The molecule has 0 aliphatic heterocycles. The molecule has 0 N–H and O–H groups in total. The summed E-state index contributed by atoms with van der Waals surface area (Å²) in [6.45, 7) is 6.39. The van der Waals surface area contributed by atoms with Gasteiger partial charge in [-0.05, 0) is 13.3 Å². The predicted octanol–water partition coefficient (Wildman–Crippen LogP) is 1.85. The lowest BCUT2D eigenvalue weighted by Gasteiger charge is -2.01. The van der Waals surface area contributed by atoms with Crippen LogP contribution in [0.4, 0.5) is 0 Å². The van der Waals surface area contributed by atoms with Gasteiger partial charge in [-0.15, -0.1) is 0 Å². The van der Waals surface area contributed by atoms with E-state index in [2.05, 4.69) is 37.4 Å². The van der Waals surface area contributed by atoms with Crippen molar-refractivity contribution in [3.05, 3.63) is 17.2 Å². The van der Waals surface area contributed by atoms with Crippen molar-refractivity contribution < 1.29 is 0 Å². The fraction of sp³-hybridized carbons (Fsp3) is 0.667. The Balaban J connectivity index is 3.14. The van der Waals surface area contributed by atoms with Crippen molar-refractivity contribution in [2.24, 2.45) is 7.05 Å². The third kappa shape index (κ3) is 1.30. The monoisotopic (exact) mass is 152 g/mol. The molecule has 0 unspecified atom stereocenters. The summed E-state index contributed by atoms with van der Waals surface area (Å²) in [5, 5.41) is 0. The lowest BCUT2D eigenvalue weighted by Crippen LogP contribution is -1.99. The maximum atomic E-state index is 4.46. The molecule has 1 aromatic heterocycles. The van der Waals surface area contributed by atoms with Crippen LogP contribution in [-0.4, -0.2) is 9.55 Å². The topological polar surface area (TPSA) is 17.8 Å². The first-order valence-corrected chi connectivity index (χ1v) is 4.21. The van der Waals surface area contributed by atoms with Crippen LogP contribution in [0, 0.1) is 6.92 Å². The van der Waals surface area contributed by atoms with Crippen LogP contribution in [0.15, 0.2) is 0 Å². The summed E-state index contributed by atoms with van der Waals surface area (Å²) in [5.41, 5.74) is 2.55. The lowest BCUT2D eigenvalue weighted by molar-refractivity contribution is 0.764. The number of imidazole rings is 1. The summed E-state index contributed by atoms with van der Waals surface area (Å²) in [5.74, 6) is 1.19. The number of hydrogen-bond donors (Lipinski definition) is 0. The maximum Gasteiger partial charge on any atom is 0.108 e. The van der Waals surface area contributed by atoms with Gasteiger partial charge in [0.05, 0.1) is 5.69 Å². The standard InChI is InChI=1S/C9H16N2/c1-5-8-7(3)10-9(6-2)11(8)4/h5-6H2,1-4H3. The normalized spacial score (nSPS) is 10.5. The molecule has 0 saturated carbocycles.